The van der Waals surface area contributed by atoms with Crippen LogP contribution in [0.5, 0.6) is 0 Å². The van der Waals surface area contributed by atoms with Crippen molar-refractivity contribution in [2.24, 2.45) is 0 Å². The predicted molar refractivity (Wildman–Crippen MR) is 44.5 cm³/mol. The minimum atomic E-state index is 0.794. The van der Waals surface area contributed by atoms with E-state index in [-0.39, 0.29) is 0 Å². The maximum absolute atomic E-state index is 4.26. The fraction of sp³-hybridized carbons (Fsp3) is 0.250. The average Bonchev–Trinajstić information content (AvgIpc) is 2.17. The molecule has 0 aliphatic rings. The zero-order chi connectivity index (χ0) is 8.39. The van der Waals surface area contributed by atoms with E-state index in [0.717, 1.165) is 23.3 Å². The molecule has 0 atom stereocenters. The van der Waals surface area contributed by atoms with Crippen molar-refractivity contribution in [1.29, 1.82) is 0 Å². The molecule has 4 heteroatoms. The van der Waals surface area contributed by atoms with Gasteiger partial charge in [-0.2, -0.15) is 0 Å². The van der Waals surface area contributed by atoms with Crippen LogP contribution in [0, 0.1) is 0 Å². The van der Waals surface area contributed by atoms with E-state index in [1.54, 1.807) is 12.4 Å². The number of hydrogen-bond donors (Lipinski definition) is 0. The van der Waals surface area contributed by atoms with Gasteiger partial charge in [0.15, 0.2) is 0 Å². The summed E-state index contributed by atoms with van der Waals surface area (Å²) in [4.78, 5) is 16.3. The molecule has 60 valence electrons. The number of hydrogen-bond acceptors (Lipinski definition) is 4. The Hall–Kier alpha value is -1.58. The number of fused-ring (bicyclic) bond motifs is 1. The highest BCUT2D eigenvalue weighted by atomic mass is 14.9. The minimum absolute atomic E-state index is 0.794. The van der Waals surface area contributed by atoms with E-state index >= 15 is 0 Å². The molecule has 0 aromatic carbocycles. The normalized spacial score (nSPS) is 10.4. The lowest BCUT2D eigenvalue weighted by atomic mass is 10.4. The zero-order valence-electron chi connectivity index (χ0n) is 6.73. The summed E-state index contributed by atoms with van der Waals surface area (Å²) in [6.45, 7) is 2.02. The summed E-state index contributed by atoms with van der Waals surface area (Å²) in [6, 6.07) is 0. The van der Waals surface area contributed by atoms with Crippen LogP contribution in [0.1, 0.15) is 12.7 Å². The summed E-state index contributed by atoms with van der Waals surface area (Å²) in [6.07, 6.45) is 5.76. The third kappa shape index (κ3) is 1.11. The Labute approximate surface area is 69.7 Å². The first kappa shape index (κ1) is 7.09. The quantitative estimate of drug-likeness (QED) is 0.624. The molecule has 0 aliphatic heterocycles. The molecule has 0 bridgehead atoms. The van der Waals surface area contributed by atoms with Crippen molar-refractivity contribution < 1.29 is 0 Å². The van der Waals surface area contributed by atoms with Crippen molar-refractivity contribution in [2.75, 3.05) is 0 Å². The molecular weight excluding hydrogens is 152 g/mol. The van der Waals surface area contributed by atoms with Gasteiger partial charge >= 0.3 is 0 Å². The second-order valence-corrected chi connectivity index (χ2v) is 2.43. The fourth-order valence-electron chi connectivity index (χ4n) is 0.991. The van der Waals surface area contributed by atoms with E-state index in [9.17, 15) is 0 Å². The summed E-state index contributed by atoms with van der Waals surface area (Å²) < 4.78 is 0. The van der Waals surface area contributed by atoms with Crippen LogP contribution in [0.4, 0.5) is 0 Å². The molecule has 0 spiro atoms. The van der Waals surface area contributed by atoms with Crippen LogP contribution in [-0.2, 0) is 6.42 Å². The Balaban J connectivity index is 2.67. The SMILES string of the molecule is CCc1ncc2ncncc2n1. The third-order valence-corrected chi connectivity index (χ3v) is 1.62. The van der Waals surface area contributed by atoms with E-state index in [4.69, 9.17) is 0 Å². The molecule has 2 aromatic rings. The first-order valence-electron chi connectivity index (χ1n) is 3.82. The second kappa shape index (κ2) is 2.81. The summed E-state index contributed by atoms with van der Waals surface area (Å²) in [5, 5.41) is 0. The number of rotatable bonds is 1. The van der Waals surface area contributed by atoms with Gasteiger partial charge < -0.3 is 0 Å². The smallest absolute Gasteiger partial charge is 0.128 e. The van der Waals surface area contributed by atoms with Gasteiger partial charge in [-0.25, -0.2) is 19.9 Å². The van der Waals surface area contributed by atoms with Crippen LogP contribution in [-0.4, -0.2) is 19.9 Å². The van der Waals surface area contributed by atoms with Gasteiger partial charge in [0.2, 0.25) is 0 Å². The third-order valence-electron chi connectivity index (χ3n) is 1.62. The van der Waals surface area contributed by atoms with Gasteiger partial charge in [-0.05, 0) is 0 Å². The van der Waals surface area contributed by atoms with E-state index in [1.807, 2.05) is 6.92 Å². The van der Waals surface area contributed by atoms with Gasteiger partial charge in [0.25, 0.3) is 0 Å². The van der Waals surface area contributed by atoms with Crippen LogP contribution < -0.4 is 0 Å². The maximum atomic E-state index is 4.26. The molecule has 0 unspecified atom stereocenters. The minimum Gasteiger partial charge on any atom is -0.243 e. The predicted octanol–water partition coefficient (Wildman–Crippen LogP) is 0.982. The Bertz CT molecular complexity index is 399. The number of nitrogens with zero attached hydrogens (tertiary/aromatic N) is 4. The Morgan fingerprint density at radius 1 is 1.17 bits per heavy atom. The average molecular weight is 160 g/mol. The van der Waals surface area contributed by atoms with E-state index in [0.29, 0.717) is 0 Å². The monoisotopic (exact) mass is 160 g/mol. The van der Waals surface area contributed by atoms with Crippen LogP contribution >= 0.6 is 0 Å². The lowest BCUT2D eigenvalue weighted by Gasteiger charge is -1.96. The van der Waals surface area contributed by atoms with E-state index < -0.39 is 0 Å². The lowest BCUT2D eigenvalue weighted by Crippen LogP contribution is -1.93. The topological polar surface area (TPSA) is 51.6 Å². The number of aryl methyl sites for hydroxylation is 1. The maximum Gasteiger partial charge on any atom is 0.128 e. The summed E-state index contributed by atoms with van der Waals surface area (Å²) >= 11 is 0. The Morgan fingerprint density at radius 2 is 2.08 bits per heavy atom. The molecule has 0 amide bonds. The highest BCUT2D eigenvalue weighted by molar-refractivity contribution is 5.71. The molecule has 0 saturated heterocycles. The summed E-state index contributed by atoms with van der Waals surface area (Å²) in [5.41, 5.74) is 1.60. The molecule has 0 N–H and O–H groups in total. The van der Waals surface area contributed by atoms with E-state index in [2.05, 4.69) is 19.9 Å². The standard InChI is InChI=1S/C8H8N4/c1-2-8-10-4-6-7(12-8)3-9-5-11-6/h3-5H,2H2,1H3. The molecular formula is C8H8N4. The molecule has 0 aliphatic carbocycles. The summed E-state index contributed by atoms with van der Waals surface area (Å²) in [5.74, 6) is 0.831. The summed E-state index contributed by atoms with van der Waals surface area (Å²) in [7, 11) is 0. The largest absolute Gasteiger partial charge is 0.243 e. The molecule has 2 heterocycles. The molecule has 0 saturated carbocycles. The van der Waals surface area contributed by atoms with Gasteiger partial charge in [0.1, 0.15) is 23.2 Å². The van der Waals surface area contributed by atoms with Crippen molar-refractivity contribution in [2.45, 2.75) is 13.3 Å². The van der Waals surface area contributed by atoms with Crippen LogP contribution in [0.25, 0.3) is 11.0 Å². The lowest BCUT2D eigenvalue weighted by molar-refractivity contribution is 0.953. The Kier molecular flexibility index (Phi) is 1.66. The van der Waals surface area contributed by atoms with Crippen LogP contribution in [0.3, 0.4) is 0 Å². The second-order valence-electron chi connectivity index (χ2n) is 2.43. The Morgan fingerprint density at radius 3 is 2.92 bits per heavy atom. The molecule has 4 nitrogen and oxygen atoms in total. The molecule has 0 radical (unpaired) electrons. The van der Waals surface area contributed by atoms with Gasteiger partial charge in [-0.15, -0.1) is 0 Å². The zero-order valence-corrected chi connectivity index (χ0v) is 6.73. The fourth-order valence-corrected chi connectivity index (χ4v) is 0.991. The first-order chi connectivity index (χ1) is 5.90. The van der Waals surface area contributed by atoms with Crippen molar-refractivity contribution in [3.63, 3.8) is 0 Å². The highest BCUT2D eigenvalue weighted by Crippen LogP contribution is 2.04. The van der Waals surface area contributed by atoms with Crippen molar-refractivity contribution >= 4 is 11.0 Å². The first-order valence-corrected chi connectivity index (χ1v) is 3.82. The molecule has 12 heavy (non-hydrogen) atoms. The van der Waals surface area contributed by atoms with Crippen molar-refractivity contribution in [1.82, 2.24) is 19.9 Å². The van der Waals surface area contributed by atoms with Gasteiger partial charge in [-0.1, -0.05) is 6.92 Å². The van der Waals surface area contributed by atoms with Gasteiger partial charge in [0.05, 0.1) is 12.4 Å². The van der Waals surface area contributed by atoms with Gasteiger partial charge in [0, 0.05) is 6.42 Å². The molecule has 2 rings (SSSR count). The van der Waals surface area contributed by atoms with Crippen LogP contribution in [0.15, 0.2) is 18.7 Å². The van der Waals surface area contributed by atoms with Crippen molar-refractivity contribution in [3.05, 3.63) is 24.5 Å². The number of aromatic nitrogens is 4. The van der Waals surface area contributed by atoms with E-state index in [1.165, 1.54) is 6.33 Å². The molecule has 0 fully saturated rings. The van der Waals surface area contributed by atoms with Gasteiger partial charge in [-0.3, -0.25) is 0 Å². The van der Waals surface area contributed by atoms with Crippen LogP contribution in [0.2, 0.25) is 0 Å². The molecule has 2 aromatic heterocycles. The highest BCUT2D eigenvalue weighted by Gasteiger charge is 1.97. The van der Waals surface area contributed by atoms with Crippen molar-refractivity contribution in [3.8, 4) is 0 Å².